The van der Waals surface area contributed by atoms with Crippen molar-refractivity contribution in [1.82, 2.24) is 10.0 Å². The van der Waals surface area contributed by atoms with Crippen molar-refractivity contribution in [3.63, 3.8) is 0 Å². The van der Waals surface area contributed by atoms with E-state index in [1.165, 1.54) is 24.0 Å². The molecule has 2 fully saturated rings. The molecule has 2 saturated heterocycles. The van der Waals surface area contributed by atoms with Gasteiger partial charge < -0.3 is 14.2 Å². The zero-order valence-corrected chi connectivity index (χ0v) is 12.7. The SMILES string of the molecule is COc1cc2c(cc1OC)[C@H]1OC[C@@H]3CCCN3N1CC2. The monoisotopic (exact) mass is 290 g/mol. The van der Waals surface area contributed by atoms with E-state index in [4.69, 9.17) is 14.2 Å². The van der Waals surface area contributed by atoms with Crippen molar-refractivity contribution in [2.45, 2.75) is 31.5 Å². The number of rotatable bonds is 2. The molecule has 0 N–H and O–H groups in total. The van der Waals surface area contributed by atoms with Gasteiger partial charge in [0.15, 0.2) is 11.5 Å². The van der Waals surface area contributed by atoms with Crippen LogP contribution < -0.4 is 9.47 Å². The Balaban J connectivity index is 1.72. The fourth-order valence-corrected chi connectivity index (χ4v) is 3.87. The molecule has 1 aromatic rings. The van der Waals surface area contributed by atoms with E-state index in [-0.39, 0.29) is 6.23 Å². The fourth-order valence-electron chi connectivity index (χ4n) is 3.87. The van der Waals surface area contributed by atoms with Crippen LogP contribution in [-0.2, 0) is 11.2 Å². The minimum Gasteiger partial charge on any atom is -0.493 e. The average Bonchev–Trinajstić information content (AvgIpc) is 3.01. The standard InChI is InChI=1S/C16H22N2O3/c1-19-14-8-11-5-7-18-16(13(11)9-15(14)20-2)21-10-12-4-3-6-17(12)18/h8-9,12,16H,3-7,10H2,1-2H3/t12-,16+/m0/s1. The molecule has 0 spiro atoms. The summed E-state index contributed by atoms with van der Waals surface area (Å²) in [6.45, 7) is 3.01. The molecule has 3 heterocycles. The second kappa shape index (κ2) is 5.16. The Bertz CT molecular complexity index is 549. The summed E-state index contributed by atoms with van der Waals surface area (Å²) >= 11 is 0. The van der Waals surface area contributed by atoms with E-state index in [1.54, 1.807) is 14.2 Å². The van der Waals surface area contributed by atoms with Crippen LogP contribution in [-0.4, -0.2) is 50.0 Å². The molecular formula is C16H22N2O3. The molecule has 5 nitrogen and oxygen atoms in total. The van der Waals surface area contributed by atoms with E-state index in [1.807, 2.05) is 0 Å². The predicted molar refractivity (Wildman–Crippen MR) is 78.4 cm³/mol. The molecule has 3 aliphatic heterocycles. The maximum Gasteiger partial charge on any atom is 0.161 e. The van der Waals surface area contributed by atoms with Crippen LogP contribution in [0.2, 0.25) is 0 Å². The zero-order valence-electron chi connectivity index (χ0n) is 12.7. The first-order chi connectivity index (χ1) is 10.3. The summed E-state index contributed by atoms with van der Waals surface area (Å²) < 4.78 is 17.1. The van der Waals surface area contributed by atoms with Crippen LogP contribution in [0, 0.1) is 0 Å². The van der Waals surface area contributed by atoms with E-state index in [0.29, 0.717) is 6.04 Å². The smallest absolute Gasteiger partial charge is 0.161 e. The third kappa shape index (κ3) is 2.03. The van der Waals surface area contributed by atoms with Crippen LogP contribution in [0.4, 0.5) is 0 Å². The molecule has 1 aromatic carbocycles. The summed E-state index contributed by atoms with van der Waals surface area (Å²) in [6, 6.07) is 4.76. The number of hydrogen-bond donors (Lipinski definition) is 0. The topological polar surface area (TPSA) is 34.2 Å². The van der Waals surface area contributed by atoms with E-state index in [9.17, 15) is 0 Å². The molecule has 0 bridgehead atoms. The second-order valence-corrected chi connectivity index (χ2v) is 5.96. The Hall–Kier alpha value is -1.30. The molecule has 0 radical (unpaired) electrons. The first-order valence-corrected chi connectivity index (χ1v) is 7.71. The lowest BCUT2D eigenvalue weighted by molar-refractivity contribution is -0.235. The first-order valence-electron chi connectivity index (χ1n) is 7.71. The molecule has 2 atom stereocenters. The number of benzene rings is 1. The summed E-state index contributed by atoms with van der Waals surface area (Å²) in [5.74, 6) is 1.59. The van der Waals surface area contributed by atoms with Gasteiger partial charge in [-0.15, -0.1) is 0 Å². The van der Waals surface area contributed by atoms with Crippen molar-refractivity contribution in [3.05, 3.63) is 23.3 Å². The second-order valence-electron chi connectivity index (χ2n) is 5.96. The van der Waals surface area contributed by atoms with Gasteiger partial charge in [0, 0.05) is 24.7 Å². The highest BCUT2D eigenvalue weighted by Crippen LogP contribution is 2.42. The molecule has 0 aliphatic carbocycles. The van der Waals surface area contributed by atoms with Crippen molar-refractivity contribution in [1.29, 1.82) is 0 Å². The van der Waals surface area contributed by atoms with Crippen LogP contribution in [0.1, 0.15) is 30.2 Å². The summed E-state index contributed by atoms with van der Waals surface area (Å²) in [7, 11) is 3.37. The number of hydrogen-bond acceptors (Lipinski definition) is 5. The van der Waals surface area contributed by atoms with Gasteiger partial charge in [-0.25, -0.2) is 10.0 Å². The van der Waals surface area contributed by atoms with Crippen molar-refractivity contribution in [2.75, 3.05) is 33.9 Å². The lowest BCUT2D eigenvalue weighted by atomic mass is 9.97. The Morgan fingerprint density at radius 1 is 1.10 bits per heavy atom. The zero-order chi connectivity index (χ0) is 14.4. The molecule has 114 valence electrons. The van der Waals surface area contributed by atoms with Gasteiger partial charge in [0.05, 0.1) is 20.8 Å². The van der Waals surface area contributed by atoms with E-state index in [2.05, 4.69) is 22.2 Å². The largest absolute Gasteiger partial charge is 0.493 e. The quantitative estimate of drug-likeness (QED) is 0.832. The van der Waals surface area contributed by atoms with Gasteiger partial charge in [-0.1, -0.05) is 0 Å². The van der Waals surface area contributed by atoms with Crippen LogP contribution in [0.25, 0.3) is 0 Å². The highest BCUT2D eigenvalue weighted by atomic mass is 16.5. The molecule has 3 aliphatic rings. The van der Waals surface area contributed by atoms with Crippen molar-refractivity contribution in [3.8, 4) is 11.5 Å². The van der Waals surface area contributed by atoms with Crippen LogP contribution in [0.5, 0.6) is 11.5 Å². The van der Waals surface area contributed by atoms with Gasteiger partial charge in [-0.3, -0.25) is 0 Å². The van der Waals surface area contributed by atoms with Crippen LogP contribution >= 0.6 is 0 Å². The molecule has 0 unspecified atom stereocenters. The van der Waals surface area contributed by atoms with Gasteiger partial charge in [0.25, 0.3) is 0 Å². The predicted octanol–water partition coefficient (Wildman–Crippen LogP) is 1.97. The van der Waals surface area contributed by atoms with Crippen LogP contribution in [0.3, 0.4) is 0 Å². The van der Waals surface area contributed by atoms with Crippen molar-refractivity contribution in [2.24, 2.45) is 0 Å². The van der Waals surface area contributed by atoms with Crippen LogP contribution in [0.15, 0.2) is 12.1 Å². The highest BCUT2D eigenvalue weighted by Gasteiger charge is 2.42. The average molecular weight is 290 g/mol. The fraction of sp³-hybridized carbons (Fsp3) is 0.625. The summed E-state index contributed by atoms with van der Waals surface area (Å²) in [5, 5.41) is 4.93. The van der Waals surface area contributed by atoms with Gasteiger partial charge in [-0.05, 0) is 37.0 Å². The van der Waals surface area contributed by atoms with Gasteiger partial charge in [0.1, 0.15) is 6.23 Å². The van der Waals surface area contributed by atoms with Crippen molar-refractivity contribution >= 4 is 0 Å². The summed E-state index contributed by atoms with van der Waals surface area (Å²) in [5.41, 5.74) is 2.54. The van der Waals surface area contributed by atoms with E-state index in [0.717, 1.165) is 37.6 Å². The highest BCUT2D eigenvalue weighted by molar-refractivity contribution is 5.49. The molecular weight excluding hydrogens is 268 g/mol. The van der Waals surface area contributed by atoms with Gasteiger partial charge in [-0.2, -0.15) is 0 Å². The molecule has 0 aromatic heterocycles. The molecule has 5 heteroatoms. The molecule has 4 rings (SSSR count). The Kier molecular flexibility index (Phi) is 3.28. The Morgan fingerprint density at radius 3 is 2.71 bits per heavy atom. The van der Waals surface area contributed by atoms with E-state index < -0.39 is 0 Å². The first kappa shape index (κ1) is 13.4. The van der Waals surface area contributed by atoms with E-state index >= 15 is 0 Å². The number of nitrogens with zero attached hydrogens (tertiary/aromatic N) is 2. The maximum atomic E-state index is 6.18. The van der Waals surface area contributed by atoms with Gasteiger partial charge >= 0.3 is 0 Å². The number of hydrazine groups is 1. The van der Waals surface area contributed by atoms with Gasteiger partial charge in [0.2, 0.25) is 0 Å². The molecule has 0 saturated carbocycles. The summed E-state index contributed by atoms with van der Waals surface area (Å²) in [6.07, 6.45) is 3.58. The number of methoxy groups -OCH3 is 2. The minimum atomic E-state index is 0.0305. The molecule has 0 amide bonds. The van der Waals surface area contributed by atoms with Crippen molar-refractivity contribution < 1.29 is 14.2 Å². The lowest BCUT2D eigenvalue weighted by Gasteiger charge is -2.48. The normalized spacial score (nSPS) is 28.7. The lowest BCUT2D eigenvalue weighted by Crippen LogP contribution is -2.56. The third-order valence-electron chi connectivity index (χ3n) is 4.91. The minimum absolute atomic E-state index is 0.0305. The summed E-state index contributed by atoms with van der Waals surface area (Å²) in [4.78, 5) is 0. The number of fused-ring (bicyclic) bond motifs is 5. The number of ether oxygens (including phenoxy) is 3. The Morgan fingerprint density at radius 2 is 1.90 bits per heavy atom. The third-order valence-corrected chi connectivity index (χ3v) is 4.91. The Labute approximate surface area is 125 Å². The molecule has 21 heavy (non-hydrogen) atoms. The maximum absolute atomic E-state index is 6.18.